The van der Waals surface area contributed by atoms with Gasteiger partial charge in [0.05, 0.1) is 0 Å². The average molecular weight is 156 g/mol. The molecule has 0 spiro atoms. The van der Waals surface area contributed by atoms with Crippen molar-refractivity contribution in [3.8, 4) is 0 Å². The molecule has 0 saturated carbocycles. The molecule has 0 unspecified atom stereocenters. The van der Waals surface area contributed by atoms with Crippen LogP contribution in [0, 0.1) is 5.41 Å². The van der Waals surface area contributed by atoms with Gasteiger partial charge in [-0.3, -0.25) is 0 Å². The predicted molar refractivity (Wildman–Crippen MR) is 43.8 cm³/mol. The fourth-order valence-electron chi connectivity index (χ4n) is 0.987. The maximum atomic E-state index is 4.66. The van der Waals surface area contributed by atoms with Gasteiger partial charge in [0.25, 0.3) is 0 Å². The van der Waals surface area contributed by atoms with E-state index >= 15 is 0 Å². The Labute approximate surface area is 68.1 Å². The van der Waals surface area contributed by atoms with E-state index in [9.17, 15) is 0 Å². The predicted octanol–water partition coefficient (Wildman–Crippen LogP) is 2.66. The fourth-order valence-corrected chi connectivity index (χ4v) is 0.987. The first-order valence-electron chi connectivity index (χ1n) is 4.05. The van der Waals surface area contributed by atoms with Crippen LogP contribution in [-0.4, -0.2) is 6.29 Å². The third kappa shape index (κ3) is 2.64. The van der Waals surface area contributed by atoms with Crippen molar-refractivity contribution in [1.82, 2.24) is 0 Å². The van der Waals surface area contributed by atoms with Crippen molar-refractivity contribution in [2.24, 2.45) is 5.41 Å². The molecule has 0 aliphatic carbocycles. The summed E-state index contributed by atoms with van der Waals surface area (Å²) in [6.45, 7) is 10.5. The lowest BCUT2D eigenvalue weighted by atomic mass is 9.83. The van der Waals surface area contributed by atoms with Crippen molar-refractivity contribution < 1.29 is 9.78 Å². The molecule has 1 aliphatic rings. The average Bonchev–Trinajstić information content (AvgIpc) is 2.67. The Balaban J connectivity index is 2.33. The Hall–Kier alpha value is -0.340. The molecular weight excluding hydrogens is 140 g/mol. The van der Waals surface area contributed by atoms with Crippen LogP contribution < -0.4 is 0 Å². The second-order valence-electron chi connectivity index (χ2n) is 3.88. The second kappa shape index (κ2) is 2.95. The van der Waals surface area contributed by atoms with Crippen molar-refractivity contribution in [3.63, 3.8) is 0 Å². The van der Waals surface area contributed by atoms with Gasteiger partial charge >= 0.3 is 0 Å². The summed E-state index contributed by atoms with van der Waals surface area (Å²) in [5.74, 6) is 0. The van der Waals surface area contributed by atoms with Gasteiger partial charge in [-0.25, -0.2) is 0 Å². The summed E-state index contributed by atoms with van der Waals surface area (Å²) < 4.78 is 0. The minimum absolute atomic E-state index is 0.110. The van der Waals surface area contributed by atoms with Gasteiger partial charge in [-0.1, -0.05) is 33.8 Å². The molecule has 0 atom stereocenters. The van der Waals surface area contributed by atoms with Gasteiger partial charge in [0.2, 0.25) is 6.29 Å². The lowest BCUT2D eigenvalue weighted by molar-refractivity contribution is 0.0850. The molecule has 0 aromatic rings. The topological polar surface area (TPSA) is 25.1 Å². The summed E-state index contributed by atoms with van der Waals surface area (Å²) in [6, 6.07) is 0. The van der Waals surface area contributed by atoms with Crippen LogP contribution in [0.5, 0.6) is 0 Å². The van der Waals surface area contributed by atoms with E-state index in [1.165, 1.54) is 0 Å². The number of hydrogen-bond donors (Lipinski definition) is 0. The highest BCUT2D eigenvalue weighted by atomic mass is 17.4. The molecule has 0 aromatic heterocycles. The number of rotatable bonds is 4. The summed E-state index contributed by atoms with van der Waals surface area (Å²) in [4.78, 5) is 9.32. The Morgan fingerprint density at radius 3 is 2.36 bits per heavy atom. The molecule has 1 fully saturated rings. The molecule has 64 valence electrons. The highest BCUT2D eigenvalue weighted by Crippen LogP contribution is 2.33. The van der Waals surface area contributed by atoms with E-state index in [2.05, 4.69) is 37.1 Å². The van der Waals surface area contributed by atoms with Crippen LogP contribution in [0.1, 0.15) is 33.6 Å². The van der Waals surface area contributed by atoms with Crippen molar-refractivity contribution in [2.75, 3.05) is 0 Å². The zero-order chi connectivity index (χ0) is 8.48. The summed E-state index contributed by atoms with van der Waals surface area (Å²) in [6.07, 6.45) is 2.02. The monoisotopic (exact) mass is 156 g/mol. The van der Waals surface area contributed by atoms with Gasteiger partial charge in [0.1, 0.15) is 0 Å². The van der Waals surface area contributed by atoms with Crippen LogP contribution in [0.25, 0.3) is 0 Å². The molecular formula is C9H16O2. The molecule has 2 nitrogen and oxygen atoms in total. The van der Waals surface area contributed by atoms with Crippen LogP contribution in [0.2, 0.25) is 0 Å². The molecule has 1 aliphatic heterocycles. The largest absolute Gasteiger partial charge is 0.245 e. The van der Waals surface area contributed by atoms with E-state index in [0.717, 1.165) is 18.4 Å². The zero-order valence-electron chi connectivity index (χ0n) is 7.52. The first kappa shape index (κ1) is 8.75. The van der Waals surface area contributed by atoms with E-state index in [4.69, 9.17) is 0 Å². The minimum atomic E-state index is -0.110. The molecule has 0 radical (unpaired) electrons. The lowest BCUT2D eigenvalue weighted by Gasteiger charge is -2.22. The quantitative estimate of drug-likeness (QED) is 0.355. The van der Waals surface area contributed by atoms with Crippen molar-refractivity contribution in [1.29, 1.82) is 0 Å². The zero-order valence-corrected chi connectivity index (χ0v) is 7.52. The molecule has 0 aromatic carbocycles. The van der Waals surface area contributed by atoms with E-state index in [1.807, 2.05) is 0 Å². The van der Waals surface area contributed by atoms with Crippen molar-refractivity contribution in [3.05, 3.63) is 12.2 Å². The van der Waals surface area contributed by atoms with E-state index in [-0.39, 0.29) is 6.29 Å². The summed E-state index contributed by atoms with van der Waals surface area (Å²) in [5.41, 5.74) is 1.38. The highest BCUT2D eigenvalue weighted by molar-refractivity contribution is 5.03. The lowest BCUT2D eigenvalue weighted by Crippen LogP contribution is -2.12. The Morgan fingerprint density at radius 1 is 1.45 bits per heavy atom. The molecule has 1 saturated heterocycles. The Bertz CT molecular complexity index is 157. The van der Waals surface area contributed by atoms with E-state index < -0.39 is 0 Å². The van der Waals surface area contributed by atoms with Gasteiger partial charge in [0, 0.05) is 0 Å². The molecule has 0 bridgehead atoms. The minimum Gasteiger partial charge on any atom is -0.193 e. The fraction of sp³-hybridized carbons (Fsp3) is 0.778. The smallest absolute Gasteiger partial charge is 0.193 e. The third-order valence-electron chi connectivity index (χ3n) is 2.19. The Kier molecular flexibility index (Phi) is 2.35. The van der Waals surface area contributed by atoms with Gasteiger partial charge in [-0.15, -0.1) is 0 Å². The maximum absolute atomic E-state index is 4.66. The molecule has 2 heteroatoms. The van der Waals surface area contributed by atoms with Crippen LogP contribution >= 0.6 is 0 Å². The van der Waals surface area contributed by atoms with Crippen molar-refractivity contribution >= 4 is 0 Å². The molecule has 1 heterocycles. The summed E-state index contributed by atoms with van der Waals surface area (Å²) >= 11 is 0. The van der Waals surface area contributed by atoms with Crippen LogP contribution in [0.3, 0.4) is 0 Å². The highest BCUT2D eigenvalue weighted by Gasteiger charge is 2.32. The Morgan fingerprint density at radius 2 is 2.00 bits per heavy atom. The molecule has 0 amide bonds. The van der Waals surface area contributed by atoms with Gasteiger partial charge < -0.3 is 0 Å². The van der Waals surface area contributed by atoms with E-state index in [0.29, 0.717) is 5.41 Å². The molecule has 0 N–H and O–H groups in total. The standard InChI is InChI=1S/C9H16O2/c1-5-9(3,4)6-7(2)8-10-11-8/h8H,2,5-6H2,1,3-4H3. The number of hydrogen-bond acceptors (Lipinski definition) is 2. The van der Waals surface area contributed by atoms with Crippen molar-refractivity contribution in [2.45, 2.75) is 39.9 Å². The van der Waals surface area contributed by atoms with E-state index in [1.54, 1.807) is 0 Å². The van der Waals surface area contributed by atoms with Gasteiger partial charge in [-0.2, -0.15) is 9.78 Å². The second-order valence-corrected chi connectivity index (χ2v) is 3.88. The first-order chi connectivity index (χ1) is 5.05. The van der Waals surface area contributed by atoms with Gasteiger partial charge in [0.15, 0.2) is 0 Å². The first-order valence-corrected chi connectivity index (χ1v) is 4.05. The van der Waals surface area contributed by atoms with Crippen LogP contribution in [0.15, 0.2) is 12.2 Å². The summed E-state index contributed by atoms with van der Waals surface area (Å²) in [5, 5.41) is 0. The summed E-state index contributed by atoms with van der Waals surface area (Å²) in [7, 11) is 0. The molecule has 1 rings (SSSR count). The van der Waals surface area contributed by atoms with Crippen LogP contribution in [-0.2, 0) is 9.78 Å². The van der Waals surface area contributed by atoms with Gasteiger partial charge in [-0.05, 0) is 17.4 Å². The third-order valence-corrected chi connectivity index (χ3v) is 2.19. The van der Waals surface area contributed by atoms with Crippen LogP contribution in [0.4, 0.5) is 0 Å². The SMILES string of the molecule is C=C(CC(C)(C)CC)C1OO1. The molecule has 11 heavy (non-hydrogen) atoms. The normalized spacial score (nSPS) is 18.5. The maximum Gasteiger partial charge on any atom is 0.245 e.